The Labute approximate surface area is 138 Å². The van der Waals surface area contributed by atoms with Crippen LogP contribution in [0, 0.1) is 0 Å². The molecule has 0 bridgehead atoms. The lowest BCUT2D eigenvalue weighted by molar-refractivity contribution is 0.118. The van der Waals surface area contributed by atoms with Crippen molar-refractivity contribution in [2.75, 3.05) is 45.9 Å². The second kappa shape index (κ2) is 8.65. The van der Waals surface area contributed by atoms with Crippen LogP contribution in [0.2, 0.25) is 0 Å². The zero-order chi connectivity index (χ0) is 15.7. The average Bonchev–Trinajstić information content (AvgIpc) is 2.63. The molecule has 1 saturated heterocycles. The maximum atomic E-state index is 5.78. The number of nitrogens with zero attached hydrogens (tertiary/aromatic N) is 3. The molecule has 2 aromatic rings. The summed E-state index contributed by atoms with van der Waals surface area (Å²) < 4.78 is 5.78. The van der Waals surface area contributed by atoms with Gasteiger partial charge >= 0.3 is 0 Å². The molecule has 1 fully saturated rings. The summed E-state index contributed by atoms with van der Waals surface area (Å²) in [5.41, 5.74) is 1.37. The third-order valence-corrected chi connectivity index (χ3v) is 4.35. The highest BCUT2D eigenvalue weighted by molar-refractivity contribution is 5.20. The van der Waals surface area contributed by atoms with E-state index in [9.17, 15) is 0 Å². The first kappa shape index (κ1) is 16.0. The Morgan fingerprint density at radius 1 is 0.826 bits per heavy atom. The number of benzene rings is 1. The van der Waals surface area contributed by atoms with Crippen LogP contribution in [-0.4, -0.2) is 60.7 Å². The normalized spacial score (nSPS) is 16.3. The maximum absolute atomic E-state index is 5.78. The lowest BCUT2D eigenvalue weighted by atomic mass is 10.2. The van der Waals surface area contributed by atoms with E-state index >= 15 is 0 Å². The summed E-state index contributed by atoms with van der Waals surface area (Å²) in [5, 5.41) is 0. The minimum absolute atomic E-state index is 0.765. The number of piperazine rings is 1. The molecule has 2 heterocycles. The van der Waals surface area contributed by atoms with Gasteiger partial charge in [-0.1, -0.05) is 18.2 Å². The van der Waals surface area contributed by atoms with Crippen molar-refractivity contribution >= 4 is 0 Å². The molecule has 0 aliphatic carbocycles. The van der Waals surface area contributed by atoms with Gasteiger partial charge < -0.3 is 9.64 Å². The first-order chi connectivity index (χ1) is 11.4. The summed E-state index contributed by atoms with van der Waals surface area (Å²) in [7, 11) is 0. The Morgan fingerprint density at radius 2 is 1.48 bits per heavy atom. The molecule has 122 valence electrons. The monoisotopic (exact) mass is 311 g/mol. The largest absolute Gasteiger partial charge is 0.492 e. The van der Waals surface area contributed by atoms with E-state index in [1.807, 2.05) is 42.7 Å². The second-order valence-corrected chi connectivity index (χ2v) is 5.95. The SMILES string of the molecule is c1ccc(OCCN2CCN(CCc3ccncc3)CC2)cc1. The molecule has 0 radical (unpaired) electrons. The minimum Gasteiger partial charge on any atom is -0.492 e. The molecule has 0 amide bonds. The highest BCUT2D eigenvalue weighted by atomic mass is 16.5. The van der Waals surface area contributed by atoms with Crippen molar-refractivity contribution in [3.63, 3.8) is 0 Å². The van der Waals surface area contributed by atoms with Crippen molar-refractivity contribution in [1.82, 2.24) is 14.8 Å². The first-order valence-corrected chi connectivity index (χ1v) is 8.41. The van der Waals surface area contributed by atoms with Gasteiger partial charge in [0.05, 0.1) is 0 Å². The molecule has 4 heteroatoms. The first-order valence-electron chi connectivity index (χ1n) is 8.41. The number of hydrogen-bond donors (Lipinski definition) is 0. The summed E-state index contributed by atoms with van der Waals surface area (Å²) in [6.45, 7) is 7.47. The van der Waals surface area contributed by atoms with E-state index in [-0.39, 0.29) is 0 Å². The van der Waals surface area contributed by atoms with Crippen LogP contribution in [0.1, 0.15) is 5.56 Å². The number of rotatable bonds is 7. The van der Waals surface area contributed by atoms with E-state index in [4.69, 9.17) is 4.74 Å². The van der Waals surface area contributed by atoms with Crippen molar-refractivity contribution in [1.29, 1.82) is 0 Å². The van der Waals surface area contributed by atoms with Gasteiger partial charge in [0.25, 0.3) is 0 Å². The van der Waals surface area contributed by atoms with Gasteiger partial charge in [-0.3, -0.25) is 9.88 Å². The molecule has 0 saturated carbocycles. The molecule has 4 nitrogen and oxygen atoms in total. The van der Waals surface area contributed by atoms with E-state index in [1.165, 1.54) is 5.56 Å². The summed E-state index contributed by atoms with van der Waals surface area (Å²) in [4.78, 5) is 9.11. The van der Waals surface area contributed by atoms with Crippen LogP contribution in [0.3, 0.4) is 0 Å². The summed E-state index contributed by atoms with van der Waals surface area (Å²) in [6.07, 6.45) is 4.86. The van der Waals surface area contributed by atoms with Gasteiger partial charge in [0.1, 0.15) is 12.4 Å². The van der Waals surface area contributed by atoms with E-state index in [2.05, 4.69) is 26.9 Å². The lowest BCUT2D eigenvalue weighted by Gasteiger charge is -2.34. The molecule has 3 rings (SSSR count). The minimum atomic E-state index is 0.765. The van der Waals surface area contributed by atoms with Crippen LogP contribution >= 0.6 is 0 Å². The summed E-state index contributed by atoms with van der Waals surface area (Å²) in [6, 6.07) is 14.3. The van der Waals surface area contributed by atoms with Crippen molar-refractivity contribution < 1.29 is 4.74 Å². The Morgan fingerprint density at radius 3 is 2.17 bits per heavy atom. The van der Waals surface area contributed by atoms with Gasteiger partial charge in [-0.15, -0.1) is 0 Å². The molecule has 23 heavy (non-hydrogen) atoms. The number of ether oxygens (including phenoxy) is 1. The number of para-hydroxylation sites is 1. The fourth-order valence-electron chi connectivity index (χ4n) is 2.88. The van der Waals surface area contributed by atoms with Gasteiger partial charge in [0.15, 0.2) is 0 Å². The lowest BCUT2D eigenvalue weighted by Crippen LogP contribution is -2.47. The molecule has 0 N–H and O–H groups in total. The van der Waals surface area contributed by atoms with Crippen molar-refractivity contribution in [3.8, 4) is 5.75 Å². The third-order valence-electron chi connectivity index (χ3n) is 4.35. The third kappa shape index (κ3) is 5.34. The molecule has 1 aliphatic rings. The standard InChI is InChI=1S/C19H25N3O/c1-2-4-19(5-3-1)23-17-16-22-14-12-21(13-15-22)11-8-18-6-9-20-10-7-18/h1-7,9-10H,8,11-17H2. The number of aromatic nitrogens is 1. The topological polar surface area (TPSA) is 28.6 Å². The highest BCUT2D eigenvalue weighted by Crippen LogP contribution is 2.09. The molecule has 0 atom stereocenters. The average molecular weight is 311 g/mol. The van der Waals surface area contributed by atoms with Gasteiger partial charge in [0, 0.05) is 51.7 Å². The van der Waals surface area contributed by atoms with Gasteiger partial charge in [-0.05, 0) is 36.2 Å². The predicted octanol–water partition coefficient (Wildman–Crippen LogP) is 2.32. The van der Waals surface area contributed by atoms with Crippen LogP contribution < -0.4 is 4.74 Å². The van der Waals surface area contributed by atoms with Crippen molar-refractivity contribution in [2.45, 2.75) is 6.42 Å². The Balaban J connectivity index is 1.31. The summed E-state index contributed by atoms with van der Waals surface area (Å²) in [5.74, 6) is 0.962. The maximum Gasteiger partial charge on any atom is 0.119 e. The fourth-order valence-corrected chi connectivity index (χ4v) is 2.88. The zero-order valence-electron chi connectivity index (χ0n) is 13.6. The van der Waals surface area contributed by atoms with Crippen molar-refractivity contribution in [2.24, 2.45) is 0 Å². The molecule has 1 aromatic heterocycles. The van der Waals surface area contributed by atoms with Gasteiger partial charge in [-0.2, -0.15) is 0 Å². The van der Waals surface area contributed by atoms with Gasteiger partial charge in [0.2, 0.25) is 0 Å². The van der Waals surface area contributed by atoms with E-state index in [0.29, 0.717) is 0 Å². The van der Waals surface area contributed by atoms with Crippen LogP contribution in [0.4, 0.5) is 0 Å². The van der Waals surface area contributed by atoms with E-state index in [0.717, 1.165) is 58.0 Å². The quantitative estimate of drug-likeness (QED) is 0.785. The molecule has 0 unspecified atom stereocenters. The van der Waals surface area contributed by atoms with Gasteiger partial charge in [-0.25, -0.2) is 0 Å². The Hall–Kier alpha value is -1.91. The van der Waals surface area contributed by atoms with Crippen molar-refractivity contribution in [3.05, 3.63) is 60.4 Å². The Kier molecular flexibility index (Phi) is 6.01. The highest BCUT2D eigenvalue weighted by Gasteiger charge is 2.16. The van der Waals surface area contributed by atoms with Crippen LogP contribution in [0.25, 0.3) is 0 Å². The smallest absolute Gasteiger partial charge is 0.119 e. The number of pyridine rings is 1. The van der Waals surface area contributed by atoms with Crippen LogP contribution in [0.15, 0.2) is 54.9 Å². The zero-order valence-corrected chi connectivity index (χ0v) is 13.6. The molecular weight excluding hydrogens is 286 g/mol. The van der Waals surface area contributed by atoms with E-state index < -0.39 is 0 Å². The van der Waals surface area contributed by atoms with Crippen LogP contribution in [0.5, 0.6) is 5.75 Å². The fraction of sp³-hybridized carbons (Fsp3) is 0.421. The number of hydrogen-bond acceptors (Lipinski definition) is 4. The van der Waals surface area contributed by atoms with Crippen LogP contribution in [-0.2, 0) is 6.42 Å². The predicted molar refractivity (Wildman–Crippen MR) is 92.8 cm³/mol. The Bertz CT molecular complexity index is 553. The second-order valence-electron chi connectivity index (χ2n) is 5.95. The molecule has 1 aliphatic heterocycles. The molecular formula is C19H25N3O. The van der Waals surface area contributed by atoms with E-state index in [1.54, 1.807) is 0 Å². The summed E-state index contributed by atoms with van der Waals surface area (Å²) >= 11 is 0. The molecule has 1 aromatic carbocycles. The molecule has 0 spiro atoms.